The quantitative estimate of drug-likeness (QED) is 0.773. The zero-order valence-electron chi connectivity index (χ0n) is 12.2. The molecule has 0 spiro atoms. The highest BCUT2D eigenvalue weighted by molar-refractivity contribution is 5.82. The monoisotopic (exact) mass is 305 g/mol. The van der Waals surface area contributed by atoms with Crippen LogP contribution in [0.1, 0.15) is 6.92 Å². The number of aromatic nitrogens is 1. The molecule has 1 fully saturated rings. The Labute approximate surface area is 127 Å². The summed E-state index contributed by atoms with van der Waals surface area (Å²) in [4.78, 5) is 4.06. The second-order valence-electron chi connectivity index (χ2n) is 5.57. The van der Waals surface area contributed by atoms with Crippen LogP contribution in [-0.2, 0) is 4.74 Å². The van der Waals surface area contributed by atoms with Crippen molar-refractivity contribution in [3.63, 3.8) is 0 Å². The Morgan fingerprint density at radius 2 is 2.00 bits per heavy atom. The molecule has 3 rings (SSSR count). The van der Waals surface area contributed by atoms with E-state index in [-0.39, 0.29) is 6.61 Å². The van der Waals surface area contributed by atoms with E-state index in [0.717, 1.165) is 10.8 Å². The molecule has 6 heteroatoms. The van der Waals surface area contributed by atoms with Gasteiger partial charge >= 0.3 is 0 Å². The van der Waals surface area contributed by atoms with Gasteiger partial charge < -0.3 is 24.8 Å². The molecule has 1 saturated heterocycles. The number of pyridine rings is 1. The van der Waals surface area contributed by atoms with Gasteiger partial charge in [0.05, 0.1) is 12.7 Å². The van der Waals surface area contributed by atoms with Crippen molar-refractivity contribution in [3.8, 4) is 5.75 Å². The van der Waals surface area contributed by atoms with Crippen molar-refractivity contribution in [2.45, 2.75) is 31.5 Å². The molecule has 1 aliphatic heterocycles. The molecular weight excluding hydrogens is 286 g/mol. The second kappa shape index (κ2) is 6.18. The molecule has 0 bridgehead atoms. The molecule has 5 atom stereocenters. The summed E-state index contributed by atoms with van der Waals surface area (Å²) in [6.07, 6.45) is -0.270. The number of rotatable bonds is 3. The molecule has 1 aromatic heterocycles. The van der Waals surface area contributed by atoms with Crippen LogP contribution < -0.4 is 4.74 Å². The van der Waals surface area contributed by atoms with Crippen molar-refractivity contribution >= 4 is 10.8 Å². The minimum atomic E-state index is -1.12. The molecule has 6 nitrogen and oxygen atoms in total. The zero-order valence-corrected chi connectivity index (χ0v) is 12.2. The summed E-state index contributed by atoms with van der Waals surface area (Å²) < 4.78 is 11.4. The van der Waals surface area contributed by atoms with Gasteiger partial charge in [-0.05, 0) is 29.7 Å². The van der Waals surface area contributed by atoms with Crippen LogP contribution in [-0.4, -0.2) is 51.5 Å². The Balaban J connectivity index is 1.80. The Bertz CT molecular complexity index is 647. The third-order valence-electron chi connectivity index (χ3n) is 4.05. The Morgan fingerprint density at radius 3 is 2.77 bits per heavy atom. The van der Waals surface area contributed by atoms with E-state index in [1.165, 1.54) is 0 Å². The van der Waals surface area contributed by atoms with Gasteiger partial charge in [0.15, 0.2) is 0 Å². The normalized spacial score (nSPS) is 32.1. The van der Waals surface area contributed by atoms with E-state index in [2.05, 4.69) is 4.98 Å². The van der Waals surface area contributed by atoms with Crippen LogP contribution in [0.4, 0.5) is 0 Å². The van der Waals surface area contributed by atoms with Crippen molar-refractivity contribution < 1.29 is 24.8 Å². The van der Waals surface area contributed by atoms with E-state index in [1.54, 1.807) is 25.4 Å². The van der Waals surface area contributed by atoms with Gasteiger partial charge in [0.1, 0.15) is 18.0 Å². The molecule has 0 aliphatic carbocycles. The SMILES string of the molecule is CC1[C@H](Oc2ccc3cnccc3c2)OC(CO)[C@H](O)[C@@H]1O. The number of fused-ring (bicyclic) bond motifs is 1. The summed E-state index contributed by atoms with van der Waals surface area (Å²) in [5.74, 6) is 0.168. The van der Waals surface area contributed by atoms with Crippen molar-refractivity contribution in [2.75, 3.05) is 6.61 Å². The highest BCUT2D eigenvalue weighted by Gasteiger charge is 2.43. The molecular formula is C16H19NO5. The van der Waals surface area contributed by atoms with Gasteiger partial charge in [-0.25, -0.2) is 0 Å². The summed E-state index contributed by atoms with van der Waals surface area (Å²) in [6.45, 7) is 1.35. The lowest BCUT2D eigenvalue weighted by Gasteiger charge is -2.40. The van der Waals surface area contributed by atoms with Crippen LogP contribution >= 0.6 is 0 Å². The van der Waals surface area contributed by atoms with Gasteiger partial charge in [-0.2, -0.15) is 0 Å². The van der Waals surface area contributed by atoms with E-state index < -0.39 is 30.5 Å². The number of aliphatic hydroxyl groups excluding tert-OH is 3. The Hall–Kier alpha value is -1.73. The fraction of sp³-hybridized carbons (Fsp3) is 0.438. The predicted octanol–water partition coefficient (Wildman–Crippen LogP) is 0.689. The first-order valence-corrected chi connectivity index (χ1v) is 7.23. The highest BCUT2D eigenvalue weighted by atomic mass is 16.7. The van der Waals surface area contributed by atoms with E-state index in [9.17, 15) is 15.3 Å². The van der Waals surface area contributed by atoms with E-state index in [0.29, 0.717) is 5.75 Å². The molecule has 0 radical (unpaired) electrons. The van der Waals surface area contributed by atoms with E-state index in [4.69, 9.17) is 9.47 Å². The molecule has 0 saturated carbocycles. The topological polar surface area (TPSA) is 92.0 Å². The van der Waals surface area contributed by atoms with Crippen LogP contribution in [0.5, 0.6) is 5.75 Å². The highest BCUT2D eigenvalue weighted by Crippen LogP contribution is 2.29. The zero-order chi connectivity index (χ0) is 15.7. The van der Waals surface area contributed by atoms with Crippen LogP contribution in [0.2, 0.25) is 0 Å². The molecule has 118 valence electrons. The fourth-order valence-corrected chi connectivity index (χ4v) is 2.62. The van der Waals surface area contributed by atoms with Gasteiger partial charge in [0, 0.05) is 23.7 Å². The average molecular weight is 305 g/mol. The first-order chi connectivity index (χ1) is 10.6. The number of aliphatic hydroxyl groups is 3. The number of hydrogen-bond donors (Lipinski definition) is 3. The summed E-state index contributed by atoms with van der Waals surface area (Å²) >= 11 is 0. The molecule has 1 aliphatic rings. The van der Waals surface area contributed by atoms with Crippen molar-refractivity contribution in [1.29, 1.82) is 0 Å². The average Bonchev–Trinajstić information content (AvgIpc) is 2.55. The first kappa shape index (κ1) is 15.2. The third kappa shape index (κ3) is 2.78. The second-order valence-corrected chi connectivity index (χ2v) is 5.57. The molecule has 2 heterocycles. The lowest BCUT2D eigenvalue weighted by Crippen LogP contribution is -2.56. The van der Waals surface area contributed by atoms with Gasteiger partial charge in [-0.3, -0.25) is 4.98 Å². The molecule has 3 N–H and O–H groups in total. The largest absolute Gasteiger partial charge is 0.465 e. The lowest BCUT2D eigenvalue weighted by atomic mass is 9.92. The van der Waals surface area contributed by atoms with Gasteiger partial charge in [0.25, 0.3) is 0 Å². The third-order valence-corrected chi connectivity index (χ3v) is 4.05. The van der Waals surface area contributed by atoms with E-state index in [1.807, 2.05) is 18.2 Å². The summed E-state index contributed by atoms with van der Waals surface area (Å²) in [5.41, 5.74) is 0. The number of ether oxygens (including phenoxy) is 2. The van der Waals surface area contributed by atoms with Gasteiger partial charge in [0.2, 0.25) is 6.29 Å². The Morgan fingerprint density at radius 1 is 1.18 bits per heavy atom. The van der Waals surface area contributed by atoms with Gasteiger partial charge in [-0.1, -0.05) is 6.92 Å². The molecule has 22 heavy (non-hydrogen) atoms. The fourth-order valence-electron chi connectivity index (χ4n) is 2.62. The van der Waals surface area contributed by atoms with Crippen molar-refractivity contribution in [1.82, 2.24) is 4.98 Å². The summed E-state index contributed by atoms with van der Waals surface area (Å²) in [5, 5.41) is 31.1. The van der Waals surface area contributed by atoms with Crippen LogP contribution in [0.3, 0.4) is 0 Å². The van der Waals surface area contributed by atoms with Crippen LogP contribution in [0.15, 0.2) is 36.7 Å². The molecule has 0 amide bonds. The number of nitrogens with zero attached hydrogens (tertiary/aromatic N) is 1. The predicted molar refractivity (Wildman–Crippen MR) is 79.3 cm³/mol. The van der Waals surface area contributed by atoms with Crippen molar-refractivity contribution in [2.24, 2.45) is 5.92 Å². The summed E-state index contributed by atoms with van der Waals surface area (Å²) in [7, 11) is 0. The Kier molecular flexibility index (Phi) is 4.26. The van der Waals surface area contributed by atoms with Crippen molar-refractivity contribution in [3.05, 3.63) is 36.7 Å². The maximum atomic E-state index is 10.0. The lowest BCUT2D eigenvalue weighted by molar-refractivity contribution is -0.256. The first-order valence-electron chi connectivity index (χ1n) is 7.23. The maximum Gasteiger partial charge on any atom is 0.205 e. The molecule has 1 aromatic carbocycles. The standard InChI is InChI=1S/C16H19NO5/c1-9-14(19)15(20)13(8-18)22-16(9)21-12-3-2-11-7-17-5-4-10(11)6-12/h2-7,9,13-16,18-20H,8H2,1H3/t9?,13?,14-,15+,16-/m1/s1. The minimum absolute atomic E-state index is 0.381. The number of benzene rings is 1. The summed E-state index contributed by atoms with van der Waals surface area (Å²) in [6, 6.07) is 7.42. The smallest absolute Gasteiger partial charge is 0.205 e. The van der Waals surface area contributed by atoms with Crippen LogP contribution in [0, 0.1) is 5.92 Å². The molecule has 2 aromatic rings. The van der Waals surface area contributed by atoms with Crippen LogP contribution in [0.25, 0.3) is 10.8 Å². The number of hydrogen-bond acceptors (Lipinski definition) is 6. The molecule has 2 unspecified atom stereocenters. The van der Waals surface area contributed by atoms with E-state index >= 15 is 0 Å². The minimum Gasteiger partial charge on any atom is -0.465 e. The van der Waals surface area contributed by atoms with Gasteiger partial charge in [-0.15, -0.1) is 0 Å². The maximum absolute atomic E-state index is 10.0.